The lowest BCUT2D eigenvalue weighted by Crippen LogP contribution is -2.19. The molecule has 0 bridgehead atoms. The Kier molecular flexibility index (Phi) is 4.99. The first-order valence-corrected chi connectivity index (χ1v) is 10.3. The van der Waals surface area contributed by atoms with Crippen LogP contribution in [0.3, 0.4) is 0 Å². The van der Waals surface area contributed by atoms with E-state index >= 15 is 0 Å². The Balaban J connectivity index is 1.66. The summed E-state index contributed by atoms with van der Waals surface area (Å²) in [6.45, 7) is 6.39. The summed E-state index contributed by atoms with van der Waals surface area (Å²) in [6, 6.07) is 4.00. The molecule has 28 heavy (non-hydrogen) atoms. The van der Waals surface area contributed by atoms with Gasteiger partial charge in [-0.2, -0.15) is 5.10 Å². The highest BCUT2D eigenvalue weighted by Crippen LogP contribution is 2.22. The van der Waals surface area contributed by atoms with Crippen LogP contribution in [0.15, 0.2) is 36.1 Å². The summed E-state index contributed by atoms with van der Waals surface area (Å²) < 4.78 is 4.02. The lowest BCUT2D eigenvalue weighted by atomic mass is 10.0. The van der Waals surface area contributed by atoms with E-state index in [-0.39, 0.29) is 0 Å². The summed E-state index contributed by atoms with van der Waals surface area (Å²) in [5.74, 6) is 0.855. The predicted octanol–water partition coefficient (Wildman–Crippen LogP) is 3.36. The SMILES string of the molecule is CCc1c(Cn2ccnc2-c2nccs2)nc2ccc(CCC(C)(C)O)nn12. The Morgan fingerprint density at radius 3 is 2.75 bits per heavy atom. The van der Waals surface area contributed by atoms with Crippen molar-refractivity contribution in [2.24, 2.45) is 0 Å². The van der Waals surface area contributed by atoms with Crippen molar-refractivity contribution in [2.45, 2.75) is 52.2 Å². The Bertz CT molecular complexity index is 1070. The van der Waals surface area contributed by atoms with E-state index in [4.69, 9.17) is 10.1 Å². The van der Waals surface area contributed by atoms with Gasteiger partial charge in [-0.15, -0.1) is 11.3 Å². The maximum atomic E-state index is 9.99. The molecule has 0 radical (unpaired) electrons. The van der Waals surface area contributed by atoms with E-state index in [9.17, 15) is 5.11 Å². The van der Waals surface area contributed by atoms with Gasteiger partial charge >= 0.3 is 0 Å². The molecule has 0 aliphatic carbocycles. The van der Waals surface area contributed by atoms with Crippen LogP contribution in [0.5, 0.6) is 0 Å². The maximum absolute atomic E-state index is 9.99. The highest BCUT2D eigenvalue weighted by molar-refractivity contribution is 7.13. The molecular formula is C20H24N6OS. The Morgan fingerprint density at radius 1 is 1.18 bits per heavy atom. The molecule has 0 amide bonds. The fourth-order valence-corrected chi connectivity index (χ4v) is 3.89. The predicted molar refractivity (Wildman–Crippen MR) is 109 cm³/mol. The first-order chi connectivity index (χ1) is 13.4. The van der Waals surface area contributed by atoms with Gasteiger partial charge in [0.1, 0.15) is 0 Å². The summed E-state index contributed by atoms with van der Waals surface area (Å²) in [6.07, 6.45) is 7.78. The smallest absolute Gasteiger partial charge is 0.169 e. The summed E-state index contributed by atoms with van der Waals surface area (Å²) >= 11 is 1.58. The molecule has 0 saturated heterocycles. The molecule has 0 atom stereocenters. The summed E-state index contributed by atoms with van der Waals surface area (Å²) in [5.41, 5.74) is 3.19. The number of nitrogens with zero attached hydrogens (tertiary/aromatic N) is 6. The number of aromatic nitrogens is 6. The third-order valence-electron chi connectivity index (χ3n) is 4.70. The van der Waals surface area contributed by atoms with Gasteiger partial charge in [-0.05, 0) is 45.2 Å². The van der Waals surface area contributed by atoms with Gasteiger partial charge in [0, 0.05) is 24.0 Å². The first kappa shape index (κ1) is 18.8. The first-order valence-electron chi connectivity index (χ1n) is 9.44. The minimum Gasteiger partial charge on any atom is -0.390 e. The molecule has 4 aromatic rings. The van der Waals surface area contributed by atoms with Gasteiger partial charge in [-0.25, -0.2) is 19.5 Å². The van der Waals surface area contributed by atoms with Crippen molar-refractivity contribution in [1.82, 2.24) is 29.1 Å². The zero-order valence-electron chi connectivity index (χ0n) is 16.3. The molecule has 0 fully saturated rings. The number of hydrogen-bond donors (Lipinski definition) is 1. The summed E-state index contributed by atoms with van der Waals surface area (Å²) in [4.78, 5) is 13.7. The van der Waals surface area contributed by atoms with Crippen LogP contribution in [0.1, 0.15) is 44.3 Å². The number of rotatable bonds is 7. The highest BCUT2D eigenvalue weighted by Gasteiger charge is 2.17. The molecule has 4 rings (SSSR count). The number of aliphatic hydroxyl groups is 1. The van der Waals surface area contributed by atoms with Gasteiger partial charge in [-0.3, -0.25) is 0 Å². The molecule has 7 nitrogen and oxygen atoms in total. The summed E-state index contributed by atoms with van der Waals surface area (Å²) in [7, 11) is 0. The lowest BCUT2D eigenvalue weighted by Gasteiger charge is -2.16. The molecule has 0 saturated carbocycles. The van der Waals surface area contributed by atoms with Crippen LogP contribution in [-0.2, 0) is 19.4 Å². The minimum atomic E-state index is -0.696. The zero-order chi connectivity index (χ0) is 19.7. The molecule has 0 aliphatic heterocycles. The molecular weight excluding hydrogens is 372 g/mol. The Morgan fingerprint density at radius 2 is 2.04 bits per heavy atom. The van der Waals surface area contributed by atoms with Crippen molar-refractivity contribution in [3.63, 3.8) is 0 Å². The third-order valence-corrected chi connectivity index (χ3v) is 5.46. The van der Waals surface area contributed by atoms with E-state index in [1.807, 2.05) is 42.1 Å². The number of fused-ring (bicyclic) bond motifs is 1. The van der Waals surface area contributed by atoms with Gasteiger partial charge in [0.15, 0.2) is 16.5 Å². The van der Waals surface area contributed by atoms with Gasteiger partial charge in [0.25, 0.3) is 0 Å². The van der Waals surface area contributed by atoms with Gasteiger partial charge in [-0.1, -0.05) is 6.92 Å². The molecule has 0 unspecified atom stereocenters. The molecule has 146 valence electrons. The van der Waals surface area contributed by atoms with E-state index in [1.54, 1.807) is 23.7 Å². The normalized spacial score (nSPS) is 12.1. The van der Waals surface area contributed by atoms with Crippen molar-refractivity contribution in [3.05, 3.63) is 53.2 Å². The maximum Gasteiger partial charge on any atom is 0.169 e. The molecule has 1 N–H and O–H groups in total. The lowest BCUT2D eigenvalue weighted by molar-refractivity contribution is 0.0710. The van der Waals surface area contributed by atoms with Gasteiger partial charge in [0.2, 0.25) is 0 Å². The average Bonchev–Trinajstić information content (AvgIpc) is 3.38. The van der Waals surface area contributed by atoms with Crippen molar-refractivity contribution in [1.29, 1.82) is 0 Å². The van der Waals surface area contributed by atoms with Crippen LogP contribution >= 0.6 is 11.3 Å². The van der Waals surface area contributed by atoms with Gasteiger partial charge in [0.05, 0.1) is 29.2 Å². The van der Waals surface area contributed by atoms with E-state index in [0.29, 0.717) is 13.0 Å². The summed E-state index contributed by atoms with van der Waals surface area (Å²) in [5, 5.41) is 17.6. The average molecular weight is 397 g/mol. The van der Waals surface area contributed by atoms with Crippen molar-refractivity contribution >= 4 is 17.0 Å². The molecule has 8 heteroatoms. The number of aryl methyl sites for hydroxylation is 2. The quantitative estimate of drug-likeness (QED) is 0.518. The minimum absolute atomic E-state index is 0.625. The second-order valence-corrected chi connectivity index (χ2v) is 8.38. The fraction of sp³-hybridized carbons (Fsp3) is 0.400. The van der Waals surface area contributed by atoms with Gasteiger partial charge < -0.3 is 9.67 Å². The topological polar surface area (TPSA) is 81.1 Å². The second kappa shape index (κ2) is 7.44. The van der Waals surface area contributed by atoms with Crippen LogP contribution in [0, 0.1) is 0 Å². The van der Waals surface area contributed by atoms with E-state index < -0.39 is 5.60 Å². The second-order valence-electron chi connectivity index (χ2n) is 7.48. The Labute approximate surface area is 167 Å². The van der Waals surface area contributed by atoms with Crippen LogP contribution in [0.25, 0.3) is 16.5 Å². The highest BCUT2D eigenvalue weighted by atomic mass is 32.1. The van der Waals surface area contributed by atoms with Crippen LogP contribution in [0.4, 0.5) is 0 Å². The van der Waals surface area contributed by atoms with Crippen LogP contribution < -0.4 is 0 Å². The largest absolute Gasteiger partial charge is 0.390 e. The monoisotopic (exact) mass is 396 g/mol. The molecule has 0 aromatic carbocycles. The standard InChI is InChI=1S/C20H24N6OS/c1-4-16-15(13-25-11-9-21-18(25)19-22-10-12-28-19)23-17-6-5-14(24-26(16)17)7-8-20(2,3)27/h5-6,9-12,27H,4,7-8,13H2,1-3H3. The third kappa shape index (κ3) is 3.83. The van der Waals surface area contributed by atoms with Crippen molar-refractivity contribution in [3.8, 4) is 10.8 Å². The van der Waals surface area contributed by atoms with Crippen molar-refractivity contribution in [2.75, 3.05) is 0 Å². The van der Waals surface area contributed by atoms with E-state index in [2.05, 4.69) is 21.5 Å². The van der Waals surface area contributed by atoms with Crippen molar-refractivity contribution < 1.29 is 5.11 Å². The van der Waals surface area contributed by atoms with Crippen LogP contribution in [0.2, 0.25) is 0 Å². The molecule has 4 aromatic heterocycles. The number of hydrogen-bond acceptors (Lipinski definition) is 6. The van der Waals surface area contributed by atoms with E-state index in [1.165, 1.54) is 0 Å². The molecule has 4 heterocycles. The number of imidazole rings is 2. The number of thiazole rings is 1. The zero-order valence-corrected chi connectivity index (χ0v) is 17.1. The fourth-order valence-electron chi connectivity index (χ4n) is 3.24. The molecule has 0 spiro atoms. The van der Waals surface area contributed by atoms with E-state index in [0.717, 1.165) is 46.4 Å². The van der Waals surface area contributed by atoms with Crippen LogP contribution in [-0.4, -0.2) is 39.8 Å². The molecule has 0 aliphatic rings. The Hall–Kier alpha value is -2.58.